The Balaban J connectivity index is 2.80. The highest BCUT2D eigenvalue weighted by Crippen LogP contribution is 2.19. The topological polar surface area (TPSA) is 74.9 Å². The Bertz CT molecular complexity index is 408. The predicted octanol–water partition coefficient (Wildman–Crippen LogP) is 0.637. The molecule has 0 spiro atoms. The lowest BCUT2D eigenvalue weighted by molar-refractivity contribution is 0.283. The van der Waals surface area contributed by atoms with E-state index in [0.717, 1.165) is 16.5 Å². The average Bonchev–Trinajstić information content (AvgIpc) is 2.50. The lowest BCUT2D eigenvalue weighted by atomic mass is 10.1. The van der Waals surface area contributed by atoms with Crippen molar-refractivity contribution in [2.45, 2.75) is 6.61 Å². The molecule has 0 fully saturated rings. The minimum absolute atomic E-state index is 0.0128. The normalized spacial score (nSPS) is 10.8. The summed E-state index contributed by atoms with van der Waals surface area (Å²) < 4.78 is 0. The predicted molar refractivity (Wildman–Crippen MR) is 46.4 cm³/mol. The fraction of sp³-hybridized carbons (Fsp3) is 0.125. The Morgan fingerprint density at radius 2 is 2.33 bits per heavy atom. The molecule has 2 rings (SSSR count). The molecule has 0 aliphatic rings. The number of aromatic amines is 1. The maximum atomic E-state index is 8.98. The van der Waals surface area contributed by atoms with Gasteiger partial charge in [-0.25, -0.2) is 0 Å². The molecule has 0 atom stereocenters. The van der Waals surface area contributed by atoms with E-state index in [1.54, 1.807) is 18.3 Å². The number of hydrogen-bond donors (Lipinski definition) is 3. The van der Waals surface area contributed by atoms with E-state index in [2.05, 4.69) is 10.2 Å². The summed E-state index contributed by atoms with van der Waals surface area (Å²) in [6.07, 6.45) is 1.68. The van der Waals surface area contributed by atoms with Crippen molar-refractivity contribution in [1.29, 1.82) is 0 Å². The van der Waals surface area contributed by atoms with E-state index in [0.29, 0.717) is 5.69 Å². The Morgan fingerprint density at radius 1 is 1.50 bits per heavy atom. The first-order valence-corrected chi connectivity index (χ1v) is 3.63. The van der Waals surface area contributed by atoms with Gasteiger partial charge in [-0.2, -0.15) is 5.10 Å². The minimum atomic E-state index is -0.0128. The van der Waals surface area contributed by atoms with Crippen LogP contribution in [0.4, 0.5) is 5.69 Å². The summed E-state index contributed by atoms with van der Waals surface area (Å²) in [5.41, 5.74) is 7.90. The molecule has 0 aliphatic heterocycles. The summed E-state index contributed by atoms with van der Waals surface area (Å²) in [4.78, 5) is 0. The lowest BCUT2D eigenvalue weighted by Gasteiger charge is -1.99. The number of nitrogens with zero attached hydrogens (tertiary/aromatic N) is 1. The van der Waals surface area contributed by atoms with Crippen LogP contribution < -0.4 is 5.73 Å². The third-order valence-electron chi connectivity index (χ3n) is 1.84. The summed E-state index contributed by atoms with van der Waals surface area (Å²) in [6.45, 7) is -0.0128. The third kappa shape index (κ3) is 0.931. The Morgan fingerprint density at radius 3 is 3.08 bits per heavy atom. The van der Waals surface area contributed by atoms with Crippen molar-refractivity contribution in [3.63, 3.8) is 0 Å². The monoisotopic (exact) mass is 163 g/mol. The van der Waals surface area contributed by atoms with Crippen LogP contribution in [0.15, 0.2) is 18.3 Å². The lowest BCUT2D eigenvalue weighted by Crippen LogP contribution is -1.89. The molecule has 4 heteroatoms. The maximum absolute atomic E-state index is 8.98. The number of nitrogens with two attached hydrogens (primary N) is 1. The maximum Gasteiger partial charge on any atom is 0.0689 e. The molecular weight excluding hydrogens is 154 g/mol. The SMILES string of the molecule is Nc1cc(CO)c2cn[nH]c2c1. The molecule has 0 unspecified atom stereocenters. The highest BCUT2D eigenvalue weighted by molar-refractivity contribution is 5.84. The van der Waals surface area contributed by atoms with Crippen LogP contribution in [-0.2, 0) is 6.61 Å². The van der Waals surface area contributed by atoms with Crippen LogP contribution >= 0.6 is 0 Å². The second kappa shape index (κ2) is 2.49. The molecule has 0 saturated heterocycles. The second-order valence-corrected chi connectivity index (χ2v) is 2.67. The second-order valence-electron chi connectivity index (χ2n) is 2.67. The summed E-state index contributed by atoms with van der Waals surface area (Å²) in [5, 5.41) is 16.6. The summed E-state index contributed by atoms with van der Waals surface area (Å²) >= 11 is 0. The van der Waals surface area contributed by atoms with Gasteiger partial charge in [0.05, 0.1) is 18.3 Å². The molecule has 2 aromatic rings. The highest BCUT2D eigenvalue weighted by Gasteiger charge is 2.02. The van der Waals surface area contributed by atoms with Gasteiger partial charge in [0, 0.05) is 11.1 Å². The molecule has 4 N–H and O–H groups in total. The third-order valence-corrected chi connectivity index (χ3v) is 1.84. The molecule has 1 aromatic carbocycles. The summed E-state index contributed by atoms with van der Waals surface area (Å²) in [6, 6.07) is 3.54. The van der Waals surface area contributed by atoms with Gasteiger partial charge < -0.3 is 10.8 Å². The van der Waals surface area contributed by atoms with Gasteiger partial charge in [-0.15, -0.1) is 0 Å². The van der Waals surface area contributed by atoms with Gasteiger partial charge in [0.1, 0.15) is 0 Å². The van der Waals surface area contributed by atoms with Crippen LogP contribution in [0, 0.1) is 0 Å². The van der Waals surface area contributed by atoms with E-state index in [1.165, 1.54) is 0 Å². The van der Waals surface area contributed by atoms with Crippen molar-refractivity contribution in [3.05, 3.63) is 23.9 Å². The van der Waals surface area contributed by atoms with Gasteiger partial charge in [0.2, 0.25) is 0 Å². The van der Waals surface area contributed by atoms with E-state index in [1.807, 2.05) is 0 Å². The number of hydrogen-bond acceptors (Lipinski definition) is 3. The van der Waals surface area contributed by atoms with Crippen LogP contribution in [0.3, 0.4) is 0 Å². The fourth-order valence-electron chi connectivity index (χ4n) is 1.28. The van der Waals surface area contributed by atoms with E-state index >= 15 is 0 Å². The number of rotatable bonds is 1. The molecule has 12 heavy (non-hydrogen) atoms. The van der Waals surface area contributed by atoms with Crippen molar-refractivity contribution in [2.75, 3.05) is 5.73 Å². The number of H-pyrrole nitrogens is 1. The number of aromatic nitrogens is 2. The summed E-state index contributed by atoms with van der Waals surface area (Å²) in [5.74, 6) is 0. The number of nitrogens with one attached hydrogen (secondary N) is 1. The summed E-state index contributed by atoms with van der Waals surface area (Å²) in [7, 11) is 0. The highest BCUT2D eigenvalue weighted by atomic mass is 16.3. The fourth-order valence-corrected chi connectivity index (χ4v) is 1.28. The number of aliphatic hydroxyl groups is 1. The van der Waals surface area contributed by atoms with Crippen molar-refractivity contribution in [2.24, 2.45) is 0 Å². The van der Waals surface area contributed by atoms with Crippen LogP contribution in [0.2, 0.25) is 0 Å². The van der Waals surface area contributed by atoms with Crippen molar-refractivity contribution in [1.82, 2.24) is 10.2 Å². The van der Waals surface area contributed by atoms with Gasteiger partial charge in [-0.1, -0.05) is 0 Å². The molecular formula is C8H9N3O. The molecule has 0 saturated carbocycles. The smallest absolute Gasteiger partial charge is 0.0689 e. The van der Waals surface area contributed by atoms with Gasteiger partial charge in [-0.05, 0) is 17.7 Å². The Labute approximate surface area is 69.0 Å². The molecule has 1 heterocycles. The zero-order valence-corrected chi connectivity index (χ0v) is 6.41. The first-order chi connectivity index (χ1) is 5.81. The van der Waals surface area contributed by atoms with Crippen molar-refractivity contribution in [3.8, 4) is 0 Å². The van der Waals surface area contributed by atoms with Crippen LogP contribution in [-0.4, -0.2) is 15.3 Å². The number of benzene rings is 1. The quantitative estimate of drug-likeness (QED) is 0.540. The molecule has 0 amide bonds. The number of nitrogen functional groups attached to an aromatic ring is 1. The molecule has 1 aromatic heterocycles. The molecule has 0 bridgehead atoms. The number of anilines is 1. The van der Waals surface area contributed by atoms with Crippen LogP contribution in [0.1, 0.15) is 5.56 Å². The zero-order valence-electron chi connectivity index (χ0n) is 6.41. The molecule has 0 radical (unpaired) electrons. The minimum Gasteiger partial charge on any atom is -0.399 e. The van der Waals surface area contributed by atoms with E-state index in [-0.39, 0.29) is 6.61 Å². The van der Waals surface area contributed by atoms with Crippen molar-refractivity contribution < 1.29 is 5.11 Å². The van der Waals surface area contributed by atoms with Crippen LogP contribution in [0.5, 0.6) is 0 Å². The largest absolute Gasteiger partial charge is 0.399 e. The van der Waals surface area contributed by atoms with Gasteiger partial charge in [0.15, 0.2) is 0 Å². The Kier molecular flexibility index (Phi) is 1.48. The van der Waals surface area contributed by atoms with Crippen LogP contribution in [0.25, 0.3) is 10.9 Å². The van der Waals surface area contributed by atoms with Crippen molar-refractivity contribution >= 4 is 16.6 Å². The van der Waals surface area contributed by atoms with E-state index in [4.69, 9.17) is 10.8 Å². The Hall–Kier alpha value is -1.55. The first kappa shape index (κ1) is 7.12. The zero-order chi connectivity index (χ0) is 8.55. The average molecular weight is 163 g/mol. The molecule has 62 valence electrons. The van der Waals surface area contributed by atoms with Gasteiger partial charge >= 0.3 is 0 Å². The molecule has 4 nitrogen and oxygen atoms in total. The standard InChI is InChI=1S/C8H9N3O/c9-6-1-5(4-12)7-3-10-11-8(7)2-6/h1-3,12H,4,9H2,(H,10,11). The first-order valence-electron chi connectivity index (χ1n) is 3.63. The number of fused-ring (bicyclic) bond motifs is 1. The van der Waals surface area contributed by atoms with E-state index in [9.17, 15) is 0 Å². The van der Waals surface area contributed by atoms with E-state index < -0.39 is 0 Å². The van der Waals surface area contributed by atoms with Gasteiger partial charge in [-0.3, -0.25) is 5.10 Å². The number of aliphatic hydroxyl groups excluding tert-OH is 1. The van der Waals surface area contributed by atoms with Gasteiger partial charge in [0.25, 0.3) is 0 Å². The molecule has 0 aliphatic carbocycles.